The van der Waals surface area contributed by atoms with Gasteiger partial charge in [0, 0.05) is 6.42 Å². The number of rotatable bonds is 6. The van der Waals surface area contributed by atoms with Crippen LogP contribution in [-0.4, -0.2) is 22.6 Å². The van der Waals surface area contributed by atoms with E-state index in [0.717, 1.165) is 35.2 Å². The predicted octanol–water partition coefficient (Wildman–Crippen LogP) is 7.07. The zero-order valence-electron chi connectivity index (χ0n) is 21.1. The Balaban J connectivity index is 1.37. The van der Waals surface area contributed by atoms with E-state index in [2.05, 4.69) is 33.0 Å². The first-order chi connectivity index (χ1) is 15.6. The fourth-order valence-corrected chi connectivity index (χ4v) is 7.37. The molecule has 0 radical (unpaired) electrons. The molecule has 4 rings (SSSR count). The van der Waals surface area contributed by atoms with Crippen LogP contribution in [0.3, 0.4) is 0 Å². The van der Waals surface area contributed by atoms with Gasteiger partial charge in [0.05, 0.1) is 23.0 Å². The van der Waals surface area contributed by atoms with Gasteiger partial charge in [0.15, 0.2) is 0 Å². The first kappa shape index (κ1) is 24.4. The summed E-state index contributed by atoms with van der Waals surface area (Å²) in [6.45, 7) is 10.9. The van der Waals surface area contributed by atoms with E-state index in [9.17, 15) is 9.70 Å². The summed E-state index contributed by atoms with van der Waals surface area (Å²) >= 11 is 0. The Morgan fingerprint density at radius 3 is 2.55 bits per heavy atom. The second kappa shape index (κ2) is 9.48. The number of benzene rings is 1. The van der Waals surface area contributed by atoms with Crippen LogP contribution < -0.4 is 0 Å². The van der Waals surface area contributed by atoms with E-state index >= 15 is 0 Å². The Morgan fingerprint density at radius 1 is 1.15 bits per heavy atom. The molecule has 0 aliphatic heterocycles. The van der Waals surface area contributed by atoms with E-state index in [-0.39, 0.29) is 17.6 Å². The van der Waals surface area contributed by atoms with Gasteiger partial charge in [-0.15, -0.1) is 4.91 Å². The second-order valence-corrected chi connectivity index (χ2v) is 12.2. The monoisotopic (exact) mass is 454 g/mol. The van der Waals surface area contributed by atoms with Gasteiger partial charge in [0.25, 0.3) is 0 Å². The molecular formula is C28H42N2O3. The summed E-state index contributed by atoms with van der Waals surface area (Å²) in [7, 11) is 0. The zero-order chi connectivity index (χ0) is 23.8. The normalized spacial score (nSPS) is 34.8. The highest BCUT2D eigenvalue weighted by atomic mass is 16.5. The Bertz CT molecular complexity index is 835. The SMILES string of the molecule is CC(c1ccccc1)N(N=O)C(=O)C[C@@H]1CC[C@@H]2[C@H](CC[C@]3(C)[C@@H](OC(C)(C)C)CC[C@@H]23)C1. The fraction of sp³-hybridized carbons (Fsp3) is 0.750. The summed E-state index contributed by atoms with van der Waals surface area (Å²) in [5, 5.41) is 4.28. The van der Waals surface area contributed by atoms with Gasteiger partial charge < -0.3 is 4.74 Å². The molecule has 0 N–H and O–H groups in total. The number of hydrogen-bond donors (Lipinski definition) is 0. The summed E-state index contributed by atoms with van der Waals surface area (Å²) in [5.41, 5.74) is 1.14. The van der Waals surface area contributed by atoms with Crippen LogP contribution in [0, 0.1) is 34.0 Å². The van der Waals surface area contributed by atoms with Crippen molar-refractivity contribution < 1.29 is 9.53 Å². The van der Waals surface area contributed by atoms with E-state index in [1.807, 2.05) is 37.3 Å². The summed E-state index contributed by atoms with van der Waals surface area (Å²) in [5.74, 6) is 2.43. The highest BCUT2D eigenvalue weighted by molar-refractivity contribution is 5.76. The van der Waals surface area contributed by atoms with Gasteiger partial charge in [-0.25, -0.2) is 0 Å². The van der Waals surface area contributed by atoms with Crippen molar-refractivity contribution in [2.75, 3.05) is 0 Å². The third-order valence-corrected chi connectivity index (χ3v) is 8.99. The number of amides is 1. The molecule has 0 heterocycles. The lowest BCUT2D eigenvalue weighted by atomic mass is 9.55. The molecule has 0 saturated heterocycles. The molecule has 3 saturated carbocycles. The fourth-order valence-electron chi connectivity index (χ4n) is 7.37. The lowest BCUT2D eigenvalue weighted by Gasteiger charge is -2.52. The summed E-state index contributed by atoms with van der Waals surface area (Å²) in [6.07, 6.45) is 9.12. The molecule has 1 unspecified atom stereocenters. The molecule has 0 spiro atoms. The molecular weight excluding hydrogens is 412 g/mol. The van der Waals surface area contributed by atoms with Crippen LogP contribution in [0.25, 0.3) is 0 Å². The molecule has 3 fully saturated rings. The van der Waals surface area contributed by atoms with Crippen LogP contribution >= 0.6 is 0 Å². The molecule has 0 bridgehead atoms. The van der Waals surface area contributed by atoms with Crippen molar-refractivity contribution in [2.24, 2.45) is 34.4 Å². The van der Waals surface area contributed by atoms with Crippen molar-refractivity contribution in [3.8, 4) is 0 Å². The van der Waals surface area contributed by atoms with Gasteiger partial charge in [0.1, 0.15) is 0 Å². The average molecular weight is 455 g/mol. The van der Waals surface area contributed by atoms with Crippen LogP contribution in [0.4, 0.5) is 0 Å². The van der Waals surface area contributed by atoms with Crippen LogP contribution in [-0.2, 0) is 9.53 Å². The topological polar surface area (TPSA) is 59.0 Å². The van der Waals surface area contributed by atoms with Gasteiger partial charge in [-0.1, -0.05) is 37.3 Å². The lowest BCUT2D eigenvalue weighted by molar-refractivity contribution is -0.138. The molecule has 5 nitrogen and oxygen atoms in total. The average Bonchev–Trinajstić information content (AvgIpc) is 3.09. The van der Waals surface area contributed by atoms with Crippen molar-refractivity contribution in [1.29, 1.82) is 0 Å². The molecule has 1 aromatic rings. The third kappa shape index (κ3) is 5.03. The largest absolute Gasteiger partial charge is 0.372 e. The van der Waals surface area contributed by atoms with E-state index in [0.29, 0.717) is 29.8 Å². The van der Waals surface area contributed by atoms with Crippen molar-refractivity contribution in [1.82, 2.24) is 5.01 Å². The minimum absolute atomic E-state index is 0.0905. The maximum atomic E-state index is 13.0. The molecule has 0 aromatic heterocycles. The van der Waals surface area contributed by atoms with Crippen molar-refractivity contribution in [3.05, 3.63) is 40.8 Å². The van der Waals surface area contributed by atoms with Gasteiger partial charge >= 0.3 is 0 Å². The van der Waals surface area contributed by atoms with Crippen molar-refractivity contribution in [3.63, 3.8) is 0 Å². The van der Waals surface area contributed by atoms with E-state index in [1.165, 1.54) is 32.1 Å². The van der Waals surface area contributed by atoms with E-state index < -0.39 is 0 Å². The van der Waals surface area contributed by atoms with Crippen molar-refractivity contribution >= 4 is 5.91 Å². The Kier molecular flexibility index (Phi) is 7.00. The van der Waals surface area contributed by atoms with E-state index in [4.69, 9.17) is 4.74 Å². The molecule has 182 valence electrons. The molecule has 1 amide bonds. The summed E-state index contributed by atoms with van der Waals surface area (Å²) in [6, 6.07) is 9.35. The number of nitrogens with zero attached hydrogens (tertiary/aromatic N) is 2. The molecule has 3 aliphatic rings. The van der Waals surface area contributed by atoms with Crippen LogP contribution in [0.15, 0.2) is 35.6 Å². The minimum Gasteiger partial charge on any atom is -0.372 e. The maximum Gasteiger partial charge on any atom is 0.246 e. The number of ether oxygens (including phenoxy) is 1. The highest BCUT2D eigenvalue weighted by Crippen LogP contribution is 2.61. The van der Waals surface area contributed by atoms with Gasteiger partial charge in [0.2, 0.25) is 5.91 Å². The van der Waals surface area contributed by atoms with Gasteiger partial charge in [-0.05, 0) is 107 Å². The Hall–Kier alpha value is -1.75. The zero-order valence-corrected chi connectivity index (χ0v) is 21.1. The Labute approximate surface area is 199 Å². The third-order valence-electron chi connectivity index (χ3n) is 8.99. The van der Waals surface area contributed by atoms with Gasteiger partial charge in [-0.2, -0.15) is 5.01 Å². The molecule has 3 aliphatic carbocycles. The molecule has 7 atom stereocenters. The van der Waals surface area contributed by atoms with Crippen LogP contribution in [0.2, 0.25) is 0 Å². The molecule has 1 aromatic carbocycles. The maximum absolute atomic E-state index is 13.0. The predicted molar refractivity (Wildman–Crippen MR) is 131 cm³/mol. The molecule has 5 heteroatoms. The number of fused-ring (bicyclic) bond motifs is 3. The standard InChI is InChI=1S/C28H42N2O3/c1-19(21-9-7-6-8-10-21)30(29-32)26(31)18-20-11-12-23-22(17-20)15-16-28(5)24(23)13-14-25(28)33-27(2,3)4/h6-10,19-20,22-25H,11-18H2,1-5H3/t19?,20-,22-,23-,24+,25+,28+/m1/s1. The second-order valence-electron chi connectivity index (χ2n) is 12.2. The van der Waals surface area contributed by atoms with Crippen molar-refractivity contribution in [2.45, 2.75) is 104 Å². The number of carbonyl (C=O) groups is 1. The van der Waals surface area contributed by atoms with Crippen LogP contribution in [0.1, 0.15) is 97.6 Å². The quantitative estimate of drug-likeness (QED) is 0.341. The van der Waals surface area contributed by atoms with E-state index in [1.54, 1.807) is 0 Å². The summed E-state index contributed by atoms with van der Waals surface area (Å²) < 4.78 is 6.53. The molecule has 33 heavy (non-hydrogen) atoms. The van der Waals surface area contributed by atoms with Gasteiger partial charge in [-0.3, -0.25) is 4.79 Å². The first-order valence-electron chi connectivity index (χ1n) is 13.0. The smallest absolute Gasteiger partial charge is 0.246 e. The minimum atomic E-state index is -0.332. The summed E-state index contributed by atoms with van der Waals surface area (Å²) in [4.78, 5) is 24.6. The first-order valence-corrected chi connectivity index (χ1v) is 13.0. The highest BCUT2D eigenvalue weighted by Gasteiger charge is 2.55. The number of hydrogen-bond acceptors (Lipinski definition) is 4. The Morgan fingerprint density at radius 2 is 1.88 bits per heavy atom. The number of carbonyl (C=O) groups excluding carboxylic acids is 1. The number of nitroso groups, excluding NO2 is 1. The van der Waals surface area contributed by atoms with Crippen LogP contribution in [0.5, 0.6) is 0 Å². The lowest BCUT2D eigenvalue weighted by Crippen LogP contribution is -2.47.